The monoisotopic (exact) mass is 178 g/mol. The van der Waals surface area contributed by atoms with Gasteiger partial charge in [-0.05, 0) is 26.8 Å². The van der Waals surface area contributed by atoms with Crippen LogP contribution >= 0.6 is 0 Å². The number of hydrogen-bond acceptors (Lipinski definition) is 2. The number of carbonyl (C=O) groups excluding carboxylic acids is 1. The van der Waals surface area contributed by atoms with Gasteiger partial charge in [-0.2, -0.15) is 0 Å². The zero-order chi connectivity index (χ0) is 9.78. The van der Waals surface area contributed by atoms with Crippen molar-refractivity contribution in [3.05, 3.63) is 12.2 Å². The summed E-state index contributed by atoms with van der Waals surface area (Å²) in [5.74, 6) is -0.747. The Hall–Kier alpha value is -0.930. The molecular weight excluding hydrogens is 166 g/mol. The lowest BCUT2D eigenvalue weighted by molar-refractivity contribution is -0.148. The summed E-state index contributed by atoms with van der Waals surface area (Å²) in [4.78, 5) is 10.7. The molecule has 4 heteroatoms. The van der Waals surface area contributed by atoms with Crippen LogP contribution in [0.2, 0.25) is 0 Å². The molecule has 70 valence electrons. The van der Waals surface area contributed by atoms with Crippen molar-refractivity contribution in [2.45, 2.75) is 32.8 Å². The van der Waals surface area contributed by atoms with Gasteiger partial charge in [0.1, 0.15) is 5.60 Å². The molecular formula is C8H12F2O2. The molecule has 0 saturated heterocycles. The third-order valence-corrected chi connectivity index (χ3v) is 0.785. The Morgan fingerprint density at radius 1 is 1.42 bits per heavy atom. The predicted molar refractivity (Wildman–Crippen MR) is 41.0 cm³/mol. The highest BCUT2D eigenvalue weighted by Crippen LogP contribution is 2.07. The smallest absolute Gasteiger partial charge is 0.331 e. The maximum atomic E-state index is 11.5. The normalized spacial score (nSPS) is 12.5. The summed E-state index contributed by atoms with van der Waals surface area (Å²) in [5.41, 5.74) is -0.635. The number of allylic oxidation sites excluding steroid dienone is 1. The minimum atomic E-state index is -2.61. The van der Waals surface area contributed by atoms with Gasteiger partial charge in [0, 0.05) is 6.08 Å². The molecule has 0 unspecified atom stereocenters. The van der Waals surface area contributed by atoms with Gasteiger partial charge in [-0.15, -0.1) is 0 Å². The molecule has 0 amide bonds. The lowest BCUT2D eigenvalue weighted by Gasteiger charge is -2.17. The highest BCUT2D eigenvalue weighted by Gasteiger charge is 2.14. The number of alkyl halides is 2. The number of hydrogen-bond donors (Lipinski definition) is 0. The molecule has 0 saturated carbocycles. The molecule has 2 nitrogen and oxygen atoms in total. The molecule has 0 aromatic carbocycles. The quantitative estimate of drug-likeness (QED) is 0.478. The third kappa shape index (κ3) is 7.18. The molecule has 0 rings (SSSR count). The summed E-state index contributed by atoms with van der Waals surface area (Å²) < 4.78 is 27.8. The first-order valence-corrected chi connectivity index (χ1v) is 3.50. The van der Waals surface area contributed by atoms with Crippen molar-refractivity contribution in [2.75, 3.05) is 0 Å². The average Bonchev–Trinajstić information content (AvgIpc) is 1.79. The van der Waals surface area contributed by atoms with Gasteiger partial charge in [-0.25, -0.2) is 13.6 Å². The number of ether oxygens (including phenoxy) is 1. The van der Waals surface area contributed by atoms with E-state index in [1.54, 1.807) is 20.8 Å². The van der Waals surface area contributed by atoms with E-state index < -0.39 is 18.0 Å². The van der Waals surface area contributed by atoms with Gasteiger partial charge in [0.25, 0.3) is 6.43 Å². The molecule has 0 aromatic heterocycles. The fourth-order valence-corrected chi connectivity index (χ4v) is 0.487. The van der Waals surface area contributed by atoms with E-state index in [4.69, 9.17) is 4.74 Å². The number of carbonyl (C=O) groups is 1. The van der Waals surface area contributed by atoms with E-state index in [2.05, 4.69) is 0 Å². The van der Waals surface area contributed by atoms with Crippen LogP contribution in [-0.4, -0.2) is 18.0 Å². The lowest BCUT2D eigenvalue weighted by Crippen LogP contribution is -2.22. The number of esters is 1. The summed E-state index contributed by atoms with van der Waals surface area (Å²) >= 11 is 0. The minimum Gasteiger partial charge on any atom is -0.457 e. The van der Waals surface area contributed by atoms with Gasteiger partial charge in [0.05, 0.1) is 0 Å². The molecule has 12 heavy (non-hydrogen) atoms. The van der Waals surface area contributed by atoms with Crippen molar-refractivity contribution in [1.82, 2.24) is 0 Å². The van der Waals surface area contributed by atoms with Crippen LogP contribution in [0, 0.1) is 0 Å². The Kier molecular flexibility index (Phi) is 3.86. The predicted octanol–water partition coefficient (Wildman–Crippen LogP) is 2.15. The Labute approximate surface area is 70.2 Å². The van der Waals surface area contributed by atoms with Crippen LogP contribution in [0.5, 0.6) is 0 Å². The topological polar surface area (TPSA) is 26.3 Å². The van der Waals surface area contributed by atoms with Crippen LogP contribution in [0.3, 0.4) is 0 Å². The Bertz CT molecular complexity index is 180. The molecule has 0 aliphatic heterocycles. The highest BCUT2D eigenvalue weighted by molar-refractivity contribution is 5.82. The first-order valence-electron chi connectivity index (χ1n) is 3.50. The van der Waals surface area contributed by atoms with Crippen LogP contribution in [0.25, 0.3) is 0 Å². The summed E-state index contributed by atoms with van der Waals surface area (Å²) in [6.07, 6.45) is -1.39. The van der Waals surface area contributed by atoms with Crippen LogP contribution in [0.1, 0.15) is 20.8 Å². The van der Waals surface area contributed by atoms with Crippen molar-refractivity contribution in [3.8, 4) is 0 Å². The SMILES string of the molecule is CC(C)(C)OC(=O)/C=C/C(F)F. The van der Waals surface area contributed by atoms with Gasteiger partial charge in [-0.3, -0.25) is 0 Å². The van der Waals surface area contributed by atoms with Crippen molar-refractivity contribution in [2.24, 2.45) is 0 Å². The van der Waals surface area contributed by atoms with Crippen molar-refractivity contribution in [1.29, 1.82) is 0 Å². The van der Waals surface area contributed by atoms with Gasteiger partial charge in [0.15, 0.2) is 0 Å². The first-order chi connectivity index (χ1) is 5.31. The van der Waals surface area contributed by atoms with Gasteiger partial charge in [-0.1, -0.05) is 0 Å². The van der Waals surface area contributed by atoms with Gasteiger partial charge < -0.3 is 4.74 Å². The second-order valence-corrected chi connectivity index (χ2v) is 3.23. The summed E-state index contributed by atoms with van der Waals surface area (Å²) in [6, 6.07) is 0. The zero-order valence-electron chi connectivity index (χ0n) is 7.30. The van der Waals surface area contributed by atoms with E-state index in [1.807, 2.05) is 0 Å². The summed E-state index contributed by atoms with van der Waals surface area (Å²) in [7, 11) is 0. The van der Waals surface area contributed by atoms with E-state index in [-0.39, 0.29) is 0 Å². The molecule has 0 aromatic rings. The van der Waals surface area contributed by atoms with Crippen molar-refractivity contribution >= 4 is 5.97 Å². The van der Waals surface area contributed by atoms with Crippen LogP contribution < -0.4 is 0 Å². The van der Waals surface area contributed by atoms with E-state index in [0.29, 0.717) is 6.08 Å². The molecule has 0 aliphatic rings. The standard InChI is InChI=1S/C8H12F2O2/c1-8(2,3)12-7(11)5-4-6(9)10/h4-6H,1-3H3/b5-4+. The average molecular weight is 178 g/mol. The Morgan fingerprint density at radius 3 is 2.25 bits per heavy atom. The van der Waals surface area contributed by atoms with E-state index in [9.17, 15) is 13.6 Å². The molecule has 0 fully saturated rings. The van der Waals surface area contributed by atoms with Crippen LogP contribution in [0.15, 0.2) is 12.2 Å². The van der Waals surface area contributed by atoms with Gasteiger partial charge >= 0.3 is 5.97 Å². The molecule has 0 heterocycles. The number of rotatable bonds is 2. The van der Waals surface area contributed by atoms with E-state index in [0.717, 1.165) is 6.08 Å². The van der Waals surface area contributed by atoms with Crippen molar-refractivity contribution in [3.63, 3.8) is 0 Å². The van der Waals surface area contributed by atoms with Crippen LogP contribution in [-0.2, 0) is 9.53 Å². The first kappa shape index (κ1) is 11.1. The molecule has 0 N–H and O–H groups in total. The van der Waals surface area contributed by atoms with E-state index >= 15 is 0 Å². The summed E-state index contributed by atoms with van der Waals surface area (Å²) in [6.45, 7) is 5.00. The maximum Gasteiger partial charge on any atom is 0.331 e. The van der Waals surface area contributed by atoms with E-state index in [1.165, 1.54) is 0 Å². The van der Waals surface area contributed by atoms with Crippen LogP contribution in [0.4, 0.5) is 8.78 Å². The largest absolute Gasteiger partial charge is 0.457 e. The minimum absolute atomic E-state index is 0.494. The number of halogens is 2. The lowest BCUT2D eigenvalue weighted by atomic mass is 10.2. The molecule has 0 atom stereocenters. The fraction of sp³-hybridized carbons (Fsp3) is 0.625. The molecule has 0 bridgehead atoms. The molecule has 0 radical (unpaired) electrons. The highest BCUT2D eigenvalue weighted by atomic mass is 19.3. The Morgan fingerprint density at radius 2 is 1.92 bits per heavy atom. The second kappa shape index (κ2) is 4.18. The molecule has 0 aliphatic carbocycles. The van der Waals surface area contributed by atoms with Crippen molar-refractivity contribution < 1.29 is 18.3 Å². The Balaban J connectivity index is 3.91. The summed E-state index contributed by atoms with van der Waals surface area (Å²) in [5, 5.41) is 0. The fourth-order valence-electron chi connectivity index (χ4n) is 0.487. The molecule has 0 spiro atoms. The zero-order valence-corrected chi connectivity index (χ0v) is 7.30. The van der Waals surface area contributed by atoms with Gasteiger partial charge in [0.2, 0.25) is 0 Å². The maximum absolute atomic E-state index is 11.5. The second-order valence-electron chi connectivity index (χ2n) is 3.23. The third-order valence-electron chi connectivity index (χ3n) is 0.785.